The molecule has 0 N–H and O–H groups in total. The Hall–Kier alpha value is -2.44. The zero-order chi connectivity index (χ0) is 24.7. The van der Waals surface area contributed by atoms with Crippen LogP contribution in [0.25, 0.3) is 0 Å². The first kappa shape index (κ1) is 25.6. The number of methoxy groups -OCH3 is 2. The van der Waals surface area contributed by atoms with Gasteiger partial charge in [-0.15, -0.1) is 0 Å². The summed E-state index contributed by atoms with van der Waals surface area (Å²) in [5.74, 6) is 4.44. The highest BCUT2D eigenvalue weighted by Crippen LogP contribution is 2.45. The Morgan fingerprint density at radius 1 is 0.514 bits per heavy atom. The average molecular weight is 517 g/mol. The van der Waals surface area contributed by atoms with E-state index in [1.807, 2.05) is 0 Å². The minimum atomic E-state index is -1.69. The lowest BCUT2D eigenvalue weighted by Crippen LogP contribution is -2.40. The Labute approximate surface area is 213 Å². The molecular weight excluding hydrogens is 482 g/mol. The number of para-hydroxylation sites is 2. The molecule has 4 aromatic rings. The Bertz CT molecular complexity index is 1120. The zero-order valence-corrected chi connectivity index (χ0v) is 23.8. The SMILES string of the molecule is COc1ccccc1P(C[Si](C)(C)CP(c1ccccc1)c1ccccc1OC)c1ccccc1. The van der Waals surface area contributed by atoms with Gasteiger partial charge in [0.2, 0.25) is 0 Å². The second-order valence-corrected chi connectivity index (χ2v) is 19.9. The first-order valence-electron chi connectivity index (χ1n) is 11.9. The lowest BCUT2D eigenvalue weighted by Gasteiger charge is -2.33. The van der Waals surface area contributed by atoms with E-state index >= 15 is 0 Å². The van der Waals surface area contributed by atoms with E-state index in [1.54, 1.807) is 14.2 Å². The number of hydrogen-bond donors (Lipinski definition) is 0. The standard InChI is InChI=1S/C30H34O2P2Si/c1-31-27-19-11-13-21-29(27)33(25-15-7-5-8-16-25)23-35(3,4)24-34(26-17-9-6-10-18-26)30-22-14-12-20-28(30)32-2/h5-22H,23-24H2,1-4H3. The van der Waals surface area contributed by atoms with Crippen LogP contribution in [0.3, 0.4) is 0 Å². The molecule has 0 saturated heterocycles. The van der Waals surface area contributed by atoms with E-state index in [9.17, 15) is 0 Å². The highest BCUT2D eigenvalue weighted by atomic mass is 31.1. The quantitative estimate of drug-likeness (QED) is 0.189. The van der Waals surface area contributed by atoms with Crippen LogP contribution in [0.1, 0.15) is 0 Å². The van der Waals surface area contributed by atoms with Gasteiger partial charge in [0, 0.05) is 10.6 Å². The maximum atomic E-state index is 5.83. The van der Waals surface area contributed by atoms with Crippen molar-refractivity contribution in [2.45, 2.75) is 13.1 Å². The molecule has 180 valence electrons. The first-order valence-corrected chi connectivity index (χ1v) is 18.4. The van der Waals surface area contributed by atoms with Gasteiger partial charge >= 0.3 is 0 Å². The summed E-state index contributed by atoms with van der Waals surface area (Å²) in [5, 5.41) is 5.54. The summed E-state index contributed by atoms with van der Waals surface area (Å²) in [6.07, 6.45) is 0. The van der Waals surface area contributed by atoms with Crippen molar-refractivity contribution in [3.05, 3.63) is 109 Å². The van der Waals surface area contributed by atoms with Crippen LogP contribution in [0.5, 0.6) is 11.5 Å². The van der Waals surface area contributed by atoms with Crippen LogP contribution in [-0.2, 0) is 0 Å². The third-order valence-electron chi connectivity index (χ3n) is 6.06. The van der Waals surface area contributed by atoms with E-state index in [0.29, 0.717) is 0 Å². The molecule has 0 heterocycles. The van der Waals surface area contributed by atoms with Crippen molar-refractivity contribution in [2.24, 2.45) is 0 Å². The van der Waals surface area contributed by atoms with Gasteiger partial charge in [-0.25, -0.2) is 0 Å². The van der Waals surface area contributed by atoms with Gasteiger partial charge in [0.25, 0.3) is 0 Å². The molecule has 0 fully saturated rings. The van der Waals surface area contributed by atoms with Gasteiger partial charge in [-0.3, -0.25) is 0 Å². The zero-order valence-electron chi connectivity index (χ0n) is 21.0. The maximum Gasteiger partial charge on any atom is 0.126 e. The lowest BCUT2D eigenvalue weighted by molar-refractivity contribution is 0.418. The van der Waals surface area contributed by atoms with Gasteiger partial charge in [0.05, 0.1) is 22.3 Å². The van der Waals surface area contributed by atoms with Gasteiger partial charge in [-0.1, -0.05) is 110 Å². The van der Waals surface area contributed by atoms with Crippen LogP contribution >= 0.6 is 15.8 Å². The normalized spacial score (nSPS) is 13.1. The Kier molecular flexibility index (Phi) is 8.79. The van der Waals surface area contributed by atoms with E-state index in [2.05, 4.69) is 122 Å². The number of rotatable bonds is 10. The summed E-state index contributed by atoms with van der Waals surface area (Å²) in [6, 6.07) is 39.2. The highest BCUT2D eigenvalue weighted by molar-refractivity contribution is 7.78. The average Bonchev–Trinajstić information content (AvgIpc) is 2.91. The minimum absolute atomic E-state index is 0.529. The molecule has 4 rings (SSSR count). The van der Waals surface area contributed by atoms with Crippen molar-refractivity contribution in [2.75, 3.05) is 25.8 Å². The molecule has 2 atom stereocenters. The fourth-order valence-corrected chi connectivity index (χ4v) is 18.4. The molecule has 4 aromatic carbocycles. The molecular formula is C30H34O2P2Si. The lowest BCUT2D eigenvalue weighted by atomic mass is 10.3. The predicted molar refractivity (Wildman–Crippen MR) is 158 cm³/mol. The molecule has 2 nitrogen and oxygen atoms in total. The van der Waals surface area contributed by atoms with E-state index in [-0.39, 0.29) is 0 Å². The van der Waals surface area contributed by atoms with Gasteiger partial charge in [0.15, 0.2) is 0 Å². The molecule has 0 aliphatic carbocycles. The third-order valence-corrected chi connectivity index (χ3v) is 19.2. The smallest absolute Gasteiger partial charge is 0.126 e. The van der Waals surface area contributed by atoms with Gasteiger partial charge in [-0.05, 0) is 50.2 Å². The largest absolute Gasteiger partial charge is 0.496 e. The van der Waals surface area contributed by atoms with E-state index in [0.717, 1.165) is 11.5 Å². The molecule has 35 heavy (non-hydrogen) atoms. The number of hydrogen-bond acceptors (Lipinski definition) is 2. The number of benzene rings is 4. The second-order valence-electron chi connectivity index (χ2n) is 9.35. The Balaban J connectivity index is 1.72. The molecule has 0 amide bonds. The second kappa shape index (κ2) is 12.0. The van der Waals surface area contributed by atoms with E-state index in [4.69, 9.17) is 9.47 Å². The topological polar surface area (TPSA) is 18.5 Å². The fraction of sp³-hybridized carbons (Fsp3) is 0.200. The summed E-state index contributed by atoms with van der Waals surface area (Å²) >= 11 is 0. The van der Waals surface area contributed by atoms with Crippen LogP contribution in [0.4, 0.5) is 0 Å². The van der Waals surface area contributed by atoms with Crippen molar-refractivity contribution in [1.82, 2.24) is 0 Å². The van der Waals surface area contributed by atoms with Crippen molar-refractivity contribution in [3.8, 4) is 11.5 Å². The van der Waals surface area contributed by atoms with Crippen molar-refractivity contribution < 1.29 is 9.47 Å². The van der Waals surface area contributed by atoms with Crippen LogP contribution in [0.15, 0.2) is 109 Å². The summed E-state index contributed by atoms with van der Waals surface area (Å²) in [5.41, 5.74) is 0. The Morgan fingerprint density at radius 2 is 0.857 bits per heavy atom. The first-order chi connectivity index (χ1) is 17.0. The predicted octanol–water partition coefficient (Wildman–Crippen LogP) is 6.06. The van der Waals surface area contributed by atoms with E-state index < -0.39 is 23.9 Å². The molecule has 5 heteroatoms. The monoisotopic (exact) mass is 516 g/mol. The van der Waals surface area contributed by atoms with Crippen molar-refractivity contribution >= 4 is 45.1 Å². The van der Waals surface area contributed by atoms with Gasteiger partial charge < -0.3 is 9.47 Å². The minimum Gasteiger partial charge on any atom is -0.496 e. The van der Waals surface area contributed by atoms with Crippen LogP contribution in [0.2, 0.25) is 13.1 Å². The molecule has 0 saturated carbocycles. The molecule has 0 aliphatic heterocycles. The number of ether oxygens (including phenoxy) is 2. The van der Waals surface area contributed by atoms with E-state index in [1.165, 1.54) is 32.8 Å². The highest BCUT2D eigenvalue weighted by Gasteiger charge is 2.33. The molecule has 0 aliphatic rings. The van der Waals surface area contributed by atoms with Crippen molar-refractivity contribution in [3.63, 3.8) is 0 Å². The summed E-state index contributed by atoms with van der Waals surface area (Å²) in [6.45, 7) is 5.13. The fourth-order valence-electron chi connectivity index (χ4n) is 4.46. The molecule has 0 aromatic heterocycles. The van der Waals surface area contributed by atoms with Crippen LogP contribution in [-0.4, -0.2) is 33.9 Å². The van der Waals surface area contributed by atoms with Crippen LogP contribution < -0.4 is 30.7 Å². The maximum absolute atomic E-state index is 5.83. The summed E-state index contributed by atoms with van der Waals surface area (Å²) in [7, 11) is 0.832. The molecule has 2 unspecified atom stereocenters. The van der Waals surface area contributed by atoms with Crippen molar-refractivity contribution in [1.29, 1.82) is 0 Å². The summed E-state index contributed by atoms with van der Waals surface area (Å²) < 4.78 is 11.7. The third kappa shape index (κ3) is 6.41. The van der Waals surface area contributed by atoms with Gasteiger partial charge in [0.1, 0.15) is 11.5 Å². The molecule has 0 spiro atoms. The van der Waals surface area contributed by atoms with Gasteiger partial charge in [-0.2, -0.15) is 0 Å². The molecule has 0 bridgehead atoms. The summed E-state index contributed by atoms with van der Waals surface area (Å²) in [4.78, 5) is 0. The molecule has 0 radical (unpaired) electrons. The Morgan fingerprint density at radius 3 is 1.23 bits per heavy atom. The van der Waals surface area contributed by atoms with Crippen LogP contribution in [0, 0.1) is 0 Å².